The van der Waals surface area contributed by atoms with Gasteiger partial charge in [-0.1, -0.05) is 35.9 Å². The molecule has 0 saturated carbocycles. The fraction of sp³-hybridized carbons (Fsp3) is 0.273. The summed E-state index contributed by atoms with van der Waals surface area (Å²) in [6, 6.07) is 11.8. The van der Waals surface area contributed by atoms with Gasteiger partial charge in [-0.25, -0.2) is 4.79 Å². The first-order valence-electron chi connectivity index (χ1n) is 9.49. The molecule has 1 aliphatic rings. The zero-order valence-electron chi connectivity index (χ0n) is 17.3. The molecule has 0 aliphatic carbocycles. The highest BCUT2D eigenvalue weighted by Crippen LogP contribution is 2.29. The summed E-state index contributed by atoms with van der Waals surface area (Å²) < 4.78 is 0. The van der Waals surface area contributed by atoms with Gasteiger partial charge in [-0.3, -0.25) is 19.3 Å². The maximum absolute atomic E-state index is 13.0. The standard InChI is InChI=1S/C22H24N4O4/c1-13-5-8-16(9-6-13)22(4)20(29)26(21(30)25-22)12-19(28)24-18-11-14(2)7-10-17(18)23-15(3)27/h5-11H,12H2,1-4H3,(H,23,27)(H,24,28)(H,25,30). The lowest BCUT2D eigenvalue weighted by atomic mass is 9.91. The van der Waals surface area contributed by atoms with Crippen LogP contribution in [0.5, 0.6) is 0 Å². The Balaban J connectivity index is 1.77. The van der Waals surface area contributed by atoms with Crippen LogP contribution in [0.4, 0.5) is 16.2 Å². The molecule has 1 aliphatic heterocycles. The quantitative estimate of drug-likeness (QED) is 0.661. The molecule has 5 amide bonds. The normalized spacial score (nSPS) is 18.2. The third-order valence-corrected chi connectivity index (χ3v) is 4.97. The van der Waals surface area contributed by atoms with Gasteiger partial charge in [0.25, 0.3) is 5.91 Å². The van der Waals surface area contributed by atoms with Crippen LogP contribution in [0.15, 0.2) is 42.5 Å². The van der Waals surface area contributed by atoms with Crippen LogP contribution in [0.2, 0.25) is 0 Å². The Bertz CT molecular complexity index is 1030. The zero-order chi connectivity index (χ0) is 22.1. The Labute approximate surface area is 174 Å². The third kappa shape index (κ3) is 4.17. The van der Waals surface area contributed by atoms with E-state index in [0.29, 0.717) is 16.9 Å². The van der Waals surface area contributed by atoms with E-state index in [0.717, 1.165) is 16.0 Å². The van der Waals surface area contributed by atoms with Crippen molar-refractivity contribution in [3.05, 3.63) is 59.2 Å². The first-order chi connectivity index (χ1) is 14.1. The van der Waals surface area contributed by atoms with E-state index in [1.807, 2.05) is 26.0 Å². The Morgan fingerprint density at radius 1 is 0.967 bits per heavy atom. The Morgan fingerprint density at radius 2 is 1.60 bits per heavy atom. The van der Waals surface area contributed by atoms with Crippen LogP contribution in [-0.4, -0.2) is 35.2 Å². The molecule has 1 unspecified atom stereocenters. The van der Waals surface area contributed by atoms with Crippen molar-refractivity contribution in [1.82, 2.24) is 10.2 Å². The van der Waals surface area contributed by atoms with Crippen molar-refractivity contribution in [1.29, 1.82) is 0 Å². The molecular weight excluding hydrogens is 384 g/mol. The van der Waals surface area contributed by atoms with E-state index in [-0.39, 0.29) is 5.91 Å². The van der Waals surface area contributed by atoms with E-state index in [1.165, 1.54) is 6.92 Å². The number of urea groups is 1. The molecule has 30 heavy (non-hydrogen) atoms. The number of nitrogens with one attached hydrogen (secondary N) is 3. The van der Waals surface area contributed by atoms with E-state index in [4.69, 9.17) is 0 Å². The molecule has 0 aromatic heterocycles. The molecule has 1 heterocycles. The number of aryl methyl sites for hydroxylation is 2. The molecule has 8 heteroatoms. The van der Waals surface area contributed by atoms with Crippen LogP contribution in [0.3, 0.4) is 0 Å². The minimum absolute atomic E-state index is 0.280. The summed E-state index contributed by atoms with van der Waals surface area (Å²) in [4.78, 5) is 50.3. The summed E-state index contributed by atoms with van der Waals surface area (Å²) >= 11 is 0. The summed E-state index contributed by atoms with van der Waals surface area (Å²) in [5, 5.41) is 8.00. The smallest absolute Gasteiger partial charge is 0.325 e. The van der Waals surface area contributed by atoms with Gasteiger partial charge >= 0.3 is 6.03 Å². The van der Waals surface area contributed by atoms with Crippen molar-refractivity contribution in [2.45, 2.75) is 33.2 Å². The SMILES string of the molecule is CC(=O)Nc1ccc(C)cc1NC(=O)CN1C(=O)NC(C)(c2ccc(C)cc2)C1=O. The number of rotatable bonds is 5. The number of nitrogens with zero attached hydrogens (tertiary/aromatic N) is 1. The summed E-state index contributed by atoms with van der Waals surface area (Å²) in [6.07, 6.45) is 0. The summed E-state index contributed by atoms with van der Waals surface area (Å²) in [5.74, 6) is -1.33. The molecule has 1 saturated heterocycles. The van der Waals surface area contributed by atoms with Crippen molar-refractivity contribution in [3.8, 4) is 0 Å². The van der Waals surface area contributed by atoms with Gasteiger partial charge in [0.1, 0.15) is 12.1 Å². The van der Waals surface area contributed by atoms with Crippen LogP contribution >= 0.6 is 0 Å². The summed E-state index contributed by atoms with van der Waals surface area (Å²) in [7, 11) is 0. The Hall–Kier alpha value is -3.68. The van der Waals surface area contributed by atoms with Gasteiger partial charge in [-0.05, 0) is 44.0 Å². The van der Waals surface area contributed by atoms with E-state index < -0.39 is 29.9 Å². The molecule has 2 aromatic carbocycles. The average Bonchev–Trinajstić information content (AvgIpc) is 2.88. The lowest BCUT2D eigenvalue weighted by Gasteiger charge is -2.22. The topological polar surface area (TPSA) is 108 Å². The van der Waals surface area contributed by atoms with Crippen molar-refractivity contribution in [2.75, 3.05) is 17.2 Å². The fourth-order valence-corrected chi connectivity index (χ4v) is 3.32. The molecule has 8 nitrogen and oxygen atoms in total. The molecule has 3 rings (SSSR count). The van der Waals surface area contributed by atoms with Gasteiger partial charge in [0, 0.05) is 6.92 Å². The van der Waals surface area contributed by atoms with Crippen LogP contribution < -0.4 is 16.0 Å². The highest BCUT2D eigenvalue weighted by Gasteiger charge is 2.49. The van der Waals surface area contributed by atoms with Crippen LogP contribution in [0, 0.1) is 13.8 Å². The molecule has 1 fully saturated rings. The molecule has 0 bridgehead atoms. The summed E-state index contributed by atoms with van der Waals surface area (Å²) in [6.45, 7) is 6.31. The molecule has 1 atom stereocenters. The molecule has 3 N–H and O–H groups in total. The second-order valence-electron chi connectivity index (χ2n) is 7.59. The van der Waals surface area contributed by atoms with E-state index in [1.54, 1.807) is 37.3 Å². The van der Waals surface area contributed by atoms with E-state index in [9.17, 15) is 19.2 Å². The number of imide groups is 1. The van der Waals surface area contributed by atoms with Gasteiger partial charge in [0.05, 0.1) is 11.4 Å². The summed E-state index contributed by atoms with van der Waals surface area (Å²) in [5.41, 5.74) is 2.13. The van der Waals surface area contributed by atoms with Crippen LogP contribution in [0.1, 0.15) is 30.5 Å². The minimum Gasteiger partial charge on any atom is -0.325 e. The third-order valence-electron chi connectivity index (χ3n) is 4.97. The Morgan fingerprint density at radius 3 is 2.23 bits per heavy atom. The van der Waals surface area contributed by atoms with Gasteiger partial charge in [0.2, 0.25) is 11.8 Å². The maximum Gasteiger partial charge on any atom is 0.325 e. The lowest BCUT2D eigenvalue weighted by Crippen LogP contribution is -2.42. The predicted molar refractivity (Wildman–Crippen MR) is 113 cm³/mol. The first-order valence-corrected chi connectivity index (χ1v) is 9.49. The van der Waals surface area contributed by atoms with E-state index in [2.05, 4.69) is 16.0 Å². The van der Waals surface area contributed by atoms with Gasteiger partial charge < -0.3 is 16.0 Å². The average molecular weight is 408 g/mol. The monoisotopic (exact) mass is 408 g/mol. The van der Waals surface area contributed by atoms with Crippen LogP contribution in [0.25, 0.3) is 0 Å². The number of anilines is 2. The molecule has 0 spiro atoms. The largest absolute Gasteiger partial charge is 0.325 e. The Kier molecular flexibility index (Phi) is 5.60. The molecule has 2 aromatic rings. The van der Waals surface area contributed by atoms with Crippen molar-refractivity contribution >= 4 is 35.1 Å². The fourth-order valence-electron chi connectivity index (χ4n) is 3.32. The minimum atomic E-state index is -1.24. The van der Waals surface area contributed by atoms with E-state index >= 15 is 0 Å². The predicted octanol–water partition coefficient (Wildman–Crippen LogP) is 2.67. The van der Waals surface area contributed by atoms with Gasteiger partial charge in [-0.2, -0.15) is 0 Å². The molecule has 156 valence electrons. The number of carbonyl (C=O) groups is 4. The van der Waals surface area contributed by atoms with Gasteiger partial charge in [-0.15, -0.1) is 0 Å². The molecular formula is C22H24N4O4. The number of amides is 5. The highest BCUT2D eigenvalue weighted by atomic mass is 16.2. The van der Waals surface area contributed by atoms with Crippen molar-refractivity contribution in [2.24, 2.45) is 0 Å². The first kappa shape index (κ1) is 21.0. The number of carbonyl (C=O) groups excluding carboxylic acids is 4. The lowest BCUT2D eigenvalue weighted by molar-refractivity contribution is -0.133. The second-order valence-corrected chi connectivity index (χ2v) is 7.59. The zero-order valence-corrected chi connectivity index (χ0v) is 17.3. The second kappa shape index (κ2) is 7.98. The maximum atomic E-state index is 13.0. The van der Waals surface area contributed by atoms with Crippen molar-refractivity contribution in [3.63, 3.8) is 0 Å². The highest BCUT2D eigenvalue weighted by molar-refractivity contribution is 6.10. The molecule has 0 radical (unpaired) electrons. The van der Waals surface area contributed by atoms with Crippen LogP contribution in [-0.2, 0) is 19.9 Å². The number of hydrogen-bond donors (Lipinski definition) is 3. The number of hydrogen-bond acceptors (Lipinski definition) is 4. The van der Waals surface area contributed by atoms with Crippen molar-refractivity contribution < 1.29 is 19.2 Å². The number of benzene rings is 2. The van der Waals surface area contributed by atoms with Gasteiger partial charge in [0.15, 0.2) is 0 Å².